The lowest BCUT2D eigenvalue weighted by molar-refractivity contribution is 0.185. The number of aliphatic hydroxyl groups excluding tert-OH is 1. The van der Waals surface area contributed by atoms with Crippen LogP contribution in [0.25, 0.3) is 0 Å². The first-order valence-electron chi connectivity index (χ1n) is 4.53. The van der Waals surface area contributed by atoms with Gasteiger partial charge in [-0.2, -0.15) is 0 Å². The molecule has 0 aliphatic rings. The zero-order valence-electron chi connectivity index (χ0n) is 8.16. The molecule has 0 heterocycles. The summed E-state index contributed by atoms with van der Waals surface area (Å²) in [4.78, 5) is 0. The molecule has 0 saturated heterocycles. The molecule has 0 bridgehead atoms. The van der Waals surface area contributed by atoms with Crippen LogP contribution in [0.2, 0.25) is 0 Å². The van der Waals surface area contributed by atoms with Gasteiger partial charge in [-0.1, -0.05) is 12.1 Å². The summed E-state index contributed by atoms with van der Waals surface area (Å²) in [5.41, 5.74) is 1.24. The van der Waals surface area contributed by atoms with E-state index in [-0.39, 0.29) is 6.10 Å². The van der Waals surface area contributed by atoms with Crippen molar-refractivity contribution in [2.75, 3.05) is 7.11 Å². The zero-order chi connectivity index (χ0) is 9.68. The van der Waals surface area contributed by atoms with Gasteiger partial charge in [0.25, 0.3) is 0 Å². The topological polar surface area (TPSA) is 29.5 Å². The predicted molar refractivity (Wildman–Crippen MR) is 53.0 cm³/mol. The standard InChI is InChI=1S/C11H16O2/c1-9(12)3-4-10-5-7-11(13-2)8-6-10/h5-9,12H,3-4H2,1-2H3. The SMILES string of the molecule is COc1ccc(CCC(C)O)cc1. The van der Waals surface area contributed by atoms with Crippen LogP contribution in [0, 0.1) is 0 Å². The van der Waals surface area contributed by atoms with Crippen molar-refractivity contribution in [1.82, 2.24) is 0 Å². The van der Waals surface area contributed by atoms with E-state index in [4.69, 9.17) is 9.84 Å². The minimum absolute atomic E-state index is 0.220. The molecule has 2 nitrogen and oxygen atoms in total. The first-order valence-corrected chi connectivity index (χ1v) is 4.53. The third-order valence-electron chi connectivity index (χ3n) is 2.01. The van der Waals surface area contributed by atoms with E-state index in [1.54, 1.807) is 7.11 Å². The molecular formula is C11H16O2. The number of aliphatic hydroxyl groups is 1. The van der Waals surface area contributed by atoms with Crippen LogP contribution in [0.3, 0.4) is 0 Å². The van der Waals surface area contributed by atoms with E-state index in [1.165, 1.54) is 5.56 Å². The van der Waals surface area contributed by atoms with E-state index in [0.717, 1.165) is 18.6 Å². The zero-order valence-corrected chi connectivity index (χ0v) is 8.16. The Morgan fingerprint density at radius 2 is 1.92 bits per heavy atom. The quantitative estimate of drug-likeness (QED) is 0.768. The summed E-state index contributed by atoms with van der Waals surface area (Å²) in [6.45, 7) is 1.81. The van der Waals surface area contributed by atoms with Crippen LogP contribution in [0.4, 0.5) is 0 Å². The summed E-state index contributed by atoms with van der Waals surface area (Å²) in [6.07, 6.45) is 1.51. The van der Waals surface area contributed by atoms with Crippen LogP contribution < -0.4 is 4.74 Å². The summed E-state index contributed by atoms with van der Waals surface area (Å²) in [5.74, 6) is 0.876. The average molecular weight is 180 g/mol. The van der Waals surface area contributed by atoms with Crippen molar-refractivity contribution in [3.63, 3.8) is 0 Å². The predicted octanol–water partition coefficient (Wildman–Crippen LogP) is 2.01. The van der Waals surface area contributed by atoms with Crippen molar-refractivity contribution < 1.29 is 9.84 Å². The number of hydrogen-bond acceptors (Lipinski definition) is 2. The largest absolute Gasteiger partial charge is 0.497 e. The Morgan fingerprint density at radius 1 is 1.31 bits per heavy atom. The van der Waals surface area contributed by atoms with E-state index >= 15 is 0 Å². The second-order valence-electron chi connectivity index (χ2n) is 3.24. The van der Waals surface area contributed by atoms with Crippen molar-refractivity contribution in [1.29, 1.82) is 0 Å². The molecule has 0 saturated carbocycles. The van der Waals surface area contributed by atoms with Gasteiger partial charge >= 0.3 is 0 Å². The lowest BCUT2D eigenvalue weighted by Gasteiger charge is -2.05. The molecule has 2 heteroatoms. The molecule has 13 heavy (non-hydrogen) atoms. The Morgan fingerprint density at radius 3 is 2.38 bits per heavy atom. The molecule has 0 spiro atoms. The van der Waals surface area contributed by atoms with Gasteiger partial charge in [0.15, 0.2) is 0 Å². The highest BCUT2D eigenvalue weighted by Gasteiger charge is 1.97. The Labute approximate surface area is 79.2 Å². The van der Waals surface area contributed by atoms with Crippen molar-refractivity contribution in [3.05, 3.63) is 29.8 Å². The number of ether oxygens (including phenoxy) is 1. The Balaban J connectivity index is 2.49. The smallest absolute Gasteiger partial charge is 0.118 e. The maximum Gasteiger partial charge on any atom is 0.118 e. The van der Waals surface area contributed by atoms with Gasteiger partial charge in [-0.25, -0.2) is 0 Å². The molecule has 0 amide bonds. The first-order chi connectivity index (χ1) is 6.22. The molecule has 0 aliphatic heterocycles. The van der Waals surface area contributed by atoms with E-state index in [0.29, 0.717) is 0 Å². The maximum atomic E-state index is 9.09. The second-order valence-corrected chi connectivity index (χ2v) is 3.24. The van der Waals surface area contributed by atoms with Gasteiger partial charge in [-0.15, -0.1) is 0 Å². The Hall–Kier alpha value is -1.02. The third-order valence-corrected chi connectivity index (χ3v) is 2.01. The fourth-order valence-corrected chi connectivity index (χ4v) is 1.17. The van der Waals surface area contributed by atoms with Gasteiger partial charge in [0.1, 0.15) is 5.75 Å². The highest BCUT2D eigenvalue weighted by molar-refractivity contribution is 5.27. The van der Waals surface area contributed by atoms with Crippen molar-refractivity contribution in [2.45, 2.75) is 25.9 Å². The van der Waals surface area contributed by atoms with Gasteiger partial charge in [0.2, 0.25) is 0 Å². The van der Waals surface area contributed by atoms with Crippen molar-refractivity contribution >= 4 is 0 Å². The molecule has 1 rings (SSSR count). The molecule has 1 N–H and O–H groups in total. The van der Waals surface area contributed by atoms with Crippen LogP contribution in [0.1, 0.15) is 18.9 Å². The first kappa shape index (κ1) is 10.1. The fourth-order valence-electron chi connectivity index (χ4n) is 1.17. The molecule has 0 fully saturated rings. The van der Waals surface area contributed by atoms with Crippen molar-refractivity contribution in [2.24, 2.45) is 0 Å². The molecule has 0 aliphatic carbocycles. The third kappa shape index (κ3) is 3.47. The van der Waals surface area contributed by atoms with Crippen LogP contribution in [-0.4, -0.2) is 18.3 Å². The maximum absolute atomic E-state index is 9.09. The molecule has 0 radical (unpaired) electrons. The van der Waals surface area contributed by atoms with E-state index in [2.05, 4.69) is 0 Å². The summed E-state index contributed by atoms with van der Waals surface area (Å²) in [6, 6.07) is 7.94. The van der Waals surface area contributed by atoms with Gasteiger partial charge < -0.3 is 9.84 Å². The van der Waals surface area contributed by atoms with Gasteiger partial charge in [0, 0.05) is 0 Å². The minimum atomic E-state index is -0.220. The van der Waals surface area contributed by atoms with Gasteiger partial charge in [-0.3, -0.25) is 0 Å². The molecule has 0 aromatic heterocycles. The number of methoxy groups -OCH3 is 1. The van der Waals surface area contributed by atoms with E-state index < -0.39 is 0 Å². The number of benzene rings is 1. The summed E-state index contributed by atoms with van der Waals surface area (Å²) in [5, 5.41) is 9.09. The summed E-state index contributed by atoms with van der Waals surface area (Å²) < 4.78 is 5.05. The van der Waals surface area contributed by atoms with Gasteiger partial charge in [0.05, 0.1) is 13.2 Å². The highest BCUT2D eigenvalue weighted by atomic mass is 16.5. The van der Waals surface area contributed by atoms with Crippen LogP contribution >= 0.6 is 0 Å². The molecule has 72 valence electrons. The number of hydrogen-bond donors (Lipinski definition) is 1. The van der Waals surface area contributed by atoms with Crippen molar-refractivity contribution in [3.8, 4) is 5.75 Å². The normalized spacial score (nSPS) is 12.5. The monoisotopic (exact) mass is 180 g/mol. The molecule has 1 atom stereocenters. The van der Waals surface area contributed by atoms with Crippen LogP contribution in [0.5, 0.6) is 5.75 Å². The average Bonchev–Trinajstić information content (AvgIpc) is 2.15. The minimum Gasteiger partial charge on any atom is -0.497 e. The highest BCUT2D eigenvalue weighted by Crippen LogP contribution is 2.12. The van der Waals surface area contributed by atoms with E-state index in [9.17, 15) is 0 Å². The summed E-state index contributed by atoms with van der Waals surface area (Å²) in [7, 11) is 1.66. The molecule has 1 aromatic carbocycles. The van der Waals surface area contributed by atoms with Crippen LogP contribution in [-0.2, 0) is 6.42 Å². The number of aryl methyl sites for hydroxylation is 1. The van der Waals surface area contributed by atoms with E-state index in [1.807, 2.05) is 31.2 Å². The van der Waals surface area contributed by atoms with Crippen LogP contribution in [0.15, 0.2) is 24.3 Å². The lowest BCUT2D eigenvalue weighted by Crippen LogP contribution is -2.01. The second kappa shape index (κ2) is 4.87. The Kier molecular flexibility index (Phi) is 3.77. The number of rotatable bonds is 4. The fraction of sp³-hybridized carbons (Fsp3) is 0.455. The Bertz CT molecular complexity index is 239. The summed E-state index contributed by atoms with van der Waals surface area (Å²) >= 11 is 0. The van der Waals surface area contributed by atoms with Gasteiger partial charge in [-0.05, 0) is 37.5 Å². The molecule has 1 aromatic rings. The lowest BCUT2D eigenvalue weighted by atomic mass is 10.1. The molecular weight excluding hydrogens is 164 g/mol. The molecule has 1 unspecified atom stereocenters.